The maximum absolute atomic E-state index is 8.75. The molecular weight excluding hydrogens is 251 g/mol. The lowest BCUT2D eigenvalue weighted by Gasteiger charge is -2.08. The topological polar surface area (TPSA) is 20.2 Å². The summed E-state index contributed by atoms with van der Waals surface area (Å²) in [5.74, 6) is 0.592. The van der Waals surface area contributed by atoms with Crippen molar-refractivity contribution < 1.29 is 5.11 Å². The van der Waals surface area contributed by atoms with E-state index in [1.807, 2.05) is 6.92 Å². The molecule has 0 aromatic rings. The minimum absolute atomic E-state index is 0.194. The molecule has 0 radical (unpaired) electrons. The molecule has 0 saturated carbocycles. The van der Waals surface area contributed by atoms with E-state index in [1.54, 1.807) is 0 Å². The van der Waals surface area contributed by atoms with Crippen molar-refractivity contribution in [3.63, 3.8) is 0 Å². The number of halogens is 1. The highest BCUT2D eigenvalue weighted by Gasteiger charge is 2.02. The summed E-state index contributed by atoms with van der Waals surface area (Å²) < 4.78 is 0.713. The lowest BCUT2D eigenvalue weighted by molar-refractivity contribution is 0.330. The molecule has 2 heteroatoms. The second-order valence-electron chi connectivity index (χ2n) is 3.16. The fourth-order valence-corrected chi connectivity index (χ4v) is 1.92. The second-order valence-corrected chi connectivity index (χ2v) is 5.29. The van der Waals surface area contributed by atoms with Crippen LogP contribution in [0.4, 0.5) is 0 Å². The van der Waals surface area contributed by atoms with Gasteiger partial charge in [0.2, 0.25) is 0 Å². The Morgan fingerprint density at radius 2 is 2.09 bits per heavy atom. The van der Waals surface area contributed by atoms with E-state index in [1.165, 1.54) is 6.42 Å². The van der Waals surface area contributed by atoms with Gasteiger partial charge in [0.25, 0.3) is 0 Å². The van der Waals surface area contributed by atoms with Gasteiger partial charge in [-0.1, -0.05) is 48.1 Å². The summed E-state index contributed by atoms with van der Waals surface area (Å²) >= 11 is 2.42. The van der Waals surface area contributed by atoms with E-state index in [9.17, 15) is 0 Å². The molecule has 2 unspecified atom stereocenters. The van der Waals surface area contributed by atoms with E-state index in [0.717, 1.165) is 5.57 Å². The van der Waals surface area contributed by atoms with Crippen LogP contribution in [0.15, 0.2) is 11.6 Å². The number of hydrogen-bond donors (Lipinski definition) is 1. The Hall–Kier alpha value is 0.430. The van der Waals surface area contributed by atoms with Gasteiger partial charge in [-0.25, -0.2) is 0 Å². The first kappa shape index (κ1) is 11.4. The van der Waals surface area contributed by atoms with Crippen LogP contribution in [0.3, 0.4) is 0 Å². The molecule has 0 spiro atoms. The van der Waals surface area contributed by atoms with E-state index in [2.05, 4.69) is 42.5 Å². The van der Waals surface area contributed by atoms with Gasteiger partial charge in [0.1, 0.15) is 0 Å². The second kappa shape index (κ2) is 6.00. The monoisotopic (exact) mass is 268 g/mol. The molecule has 1 nitrogen and oxygen atoms in total. The summed E-state index contributed by atoms with van der Waals surface area (Å²) in [5, 5.41) is 8.75. The van der Waals surface area contributed by atoms with Gasteiger partial charge in [-0.2, -0.15) is 0 Å². The molecule has 0 amide bonds. The highest BCUT2D eigenvalue weighted by molar-refractivity contribution is 14.1. The van der Waals surface area contributed by atoms with Crippen LogP contribution in [-0.4, -0.2) is 15.6 Å². The van der Waals surface area contributed by atoms with E-state index in [0.29, 0.717) is 9.84 Å². The van der Waals surface area contributed by atoms with Crippen LogP contribution in [0.25, 0.3) is 0 Å². The number of allylic oxidation sites excluding steroid dienone is 1. The summed E-state index contributed by atoms with van der Waals surface area (Å²) in [4.78, 5) is 0. The van der Waals surface area contributed by atoms with Gasteiger partial charge < -0.3 is 5.11 Å². The molecule has 1 N–H and O–H groups in total. The van der Waals surface area contributed by atoms with Crippen molar-refractivity contribution in [2.24, 2.45) is 5.92 Å². The van der Waals surface area contributed by atoms with Crippen molar-refractivity contribution in [1.29, 1.82) is 0 Å². The van der Waals surface area contributed by atoms with Crippen LogP contribution >= 0.6 is 22.6 Å². The van der Waals surface area contributed by atoms with Crippen LogP contribution in [0.1, 0.15) is 27.2 Å². The first-order chi connectivity index (χ1) is 5.06. The molecule has 0 bridgehead atoms. The van der Waals surface area contributed by atoms with Gasteiger partial charge in [0, 0.05) is 3.92 Å². The van der Waals surface area contributed by atoms with E-state index >= 15 is 0 Å². The van der Waals surface area contributed by atoms with Crippen molar-refractivity contribution in [1.82, 2.24) is 0 Å². The molecular formula is C9H17IO. The van der Waals surface area contributed by atoms with Crippen molar-refractivity contribution in [2.45, 2.75) is 31.1 Å². The summed E-state index contributed by atoms with van der Waals surface area (Å²) in [5.41, 5.74) is 1.08. The highest BCUT2D eigenvalue weighted by Crippen LogP contribution is 2.15. The predicted molar refractivity (Wildman–Crippen MR) is 58.1 cm³/mol. The van der Waals surface area contributed by atoms with Crippen LogP contribution in [0.2, 0.25) is 0 Å². The van der Waals surface area contributed by atoms with E-state index < -0.39 is 0 Å². The Morgan fingerprint density at radius 1 is 1.55 bits per heavy atom. The Kier molecular flexibility index (Phi) is 6.24. The zero-order chi connectivity index (χ0) is 8.85. The Bertz CT molecular complexity index is 130. The number of hydrogen-bond acceptors (Lipinski definition) is 1. The Balaban J connectivity index is 3.75. The number of aliphatic hydroxyl groups is 1. The molecule has 11 heavy (non-hydrogen) atoms. The first-order valence-electron chi connectivity index (χ1n) is 3.98. The number of rotatable bonds is 4. The third kappa shape index (κ3) is 6.81. The molecule has 0 aliphatic heterocycles. The summed E-state index contributed by atoms with van der Waals surface area (Å²) in [6, 6.07) is 0. The van der Waals surface area contributed by atoms with Crippen molar-refractivity contribution in [2.75, 3.05) is 6.61 Å². The maximum Gasteiger partial charge on any atom is 0.0639 e. The van der Waals surface area contributed by atoms with Crippen LogP contribution in [0, 0.1) is 5.92 Å². The van der Waals surface area contributed by atoms with Crippen LogP contribution < -0.4 is 0 Å². The fourth-order valence-electron chi connectivity index (χ4n) is 1.12. The average Bonchev–Trinajstić information content (AvgIpc) is 1.85. The summed E-state index contributed by atoms with van der Waals surface area (Å²) in [6.45, 7) is 6.56. The minimum atomic E-state index is 0.194. The minimum Gasteiger partial charge on any atom is -0.392 e. The molecule has 0 aliphatic rings. The normalized spacial score (nSPS) is 18.1. The Labute approximate surface area is 83.0 Å². The average molecular weight is 268 g/mol. The van der Waals surface area contributed by atoms with Gasteiger partial charge in [0.15, 0.2) is 0 Å². The first-order valence-corrected chi connectivity index (χ1v) is 5.23. The quantitative estimate of drug-likeness (QED) is 0.472. The largest absolute Gasteiger partial charge is 0.392 e. The Morgan fingerprint density at radius 3 is 2.45 bits per heavy atom. The summed E-state index contributed by atoms with van der Waals surface area (Å²) in [7, 11) is 0. The van der Waals surface area contributed by atoms with Gasteiger partial charge in [-0.15, -0.1) is 0 Å². The molecule has 2 atom stereocenters. The zero-order valence-electron chi connectivity index (χ0n) is 7.47. The SMILES string of the molecule is CC(=CC(C)CC(C)I)CO. The lowest BCUT2D eigenvalue weighted by atomic mass is 10.0. The van der Waals surface area contributed by atoms with Crippen molar-refractivity contribution in [3.8, 4) is 0 Å². The standard InChI is InChI=1S/C9H17IO/c1-7(5-9(3)10)4-8(2)6-11/h4,7,9,11H,5-6H2,1-3H3. The van der Waals surface area contributed by atoms with Gasteiger partial charge in [-0.05, 0) is 19.3 Å². The molecule has 0 heterocycles. The molecule has 0 aromatic heterocycles. The molecule has 66 valence electrons. The molecule has 0 saturated heterocycles. The molecule has 0 rings (SSSR count). The van der Waals surface area contributed by atoms with Crippen molar-refractivity contribution >= 4 is 22.6 Å². The fraction of sp³-hybridized carbons (Fsp3) is 0.778. The lowest BCUT2D eigenvalue weighted by Crippen LogP contribution is -2.00. The highest BCUT2D eigenvalue weighted by atomic mass is 127. The zero-order valence-corrected chi connectivity index (χ0v) is 9.63. The van der Waals surface area contributed by atoms with Crippen LogP contribution in [-0.2, 0) is 0 Å². The van der Waals surface area contributed by atoms with Gasteiger partial charge in [-0.3, -0.25) is 0 Å². The smallest absolute Gasteiger partial charge is 0.0639 e. The van der Waals surface area contributed by atoms with Gasteiger partial charge in [0.05, 0.1) is 6.61 Å². The summed E-state index contributed by atoms with van der Waals surface area (Å²) in [6.07, 6.45) is 3.34. The van der Waals surface area contributed by atoms with E-state index in [4.69, 9.17) is 5.11 Å². The molecule has 0 fully saturated rings. The number of aliphatic hydroxyl groups excluding tert-OH is 1. The van der Waals surface area contributed by atoms with Crippen molar-refractivity contribution in [3.05, 3.63) is 11.6 Å². The predicted octanol–water partition coefficient (Wildman–Crippen LogP) is 2.77. The molecule has 0 aromatic carbocycles. The maximum atomic E-state index is 8.75. The third-order valence-electron chi connectivity index (χ3n) is 1.52. The third-order valence-corrected chi connectivity index (χ3v) is 2.02. The number of alkyl halides is 1. The van der Waals surface area contributed by atoms with Gasteiger partial charge >= 0.3 is 0 Å². The van der Waals surface area contributed by atoms with Crippen LogP contribution in [0.5, 0.6) is 0 Å². The molecule has 0 aliphatic carbocycles. The van der Waals surface area contributed by atoms with E-state index in [-0.39, 0.29) is 6.61 Å².